The van der Waals surface area contributed by atoms with Crippen LogP contribution in [0.15, 0.2) is 127 Å². The SMILES string of the molecule is Nc1nc2ccccc2c2cc(P(=O)(c3cccc4ccccc34)c3cccc4ccccc34)ccc12. The molecular weight excluding hydrogens is 471 g/mol. The summed E-state index contributed by atoms with van der Waals surface area (Å²) in [6.45, 7) is 0. The van der Waals surface area contributed by atoms with Crippen molar-refractivity contribution < 1.29 is 4.57 Å². The van der Waals surface area contributed by atoms with Gasteiger partial charge in [-0.1, -0.05) is 109 Å². The molecule has 0 radical (unpaired) electrons. The van der Waals surface area contributed by atoms with Crippen LogP contribution < -0.4 is 21.6 Å². The van der Waals surface area contributed by atoms with Crippen molar-refractivity contribution in [2.24, 2.45) is 0 Å². The highest BCUT2D eigenvalue weighted by Gasteiger charge is 2.33. The number of fused-ring (bicyclic) bond motifs is 5. The number of nitrogen functional groups attached to an aromatic ring is 1. The molecule has 0 amide bonds. The lowest BCUT2D eigenvalue weighted by Crippen LogP contribution is -2.26. The van der Waals surface area contributed by atoms with Crippen LogP contribution in [0.1, 0.15) is 0 Å². The van der Waals surface area contributed by atoms with Gasteiger partial charge in [0, 0.05) is 26.7 Å². The van der Waals surface area contributed by atoms with Crippen molar-refractivity contribution >= 4 is 72.1 Å². The lowest BCUT2D eigenvalue weighted by molar-refractivity contribution is 0.593. The highest BCUT2D eigenvalue weighted by molar-refractivity contribution is 7.86. The summed E-state index contributed by atoms with van der Waals surface area (Å²) in [7, 11) is -3.33. The Hall–Kier alpha value is -4.46. The lowest BCUT2D eigenvalue weighted by atomic mass is 10.1. The van der Waals surface area contributed by atoms with Crippen LogP contribution in [0.5, 0.6) is 0 Å². The molecule has 0 atom stereocenters. The van der Waals surface area contributed by atoms with E-state index < -0.39 is 7.14 Å². The molecule has 3 nitrogen and oxygen atoms in total. The van der Waals surface area contributed by atoms with Crippen molar-refractivity contribution in [1.82, 2.24) is 4.98 Å². The number of benzene rings is 6. The number of nitrogens with two attached hydrogens (primary N) is 1. The van der Waals surface area contributed by atoms with Crippen molar-refractivity contribution in [3.05, 3.63) is 127 Å². The Balaban J connectivity index is 1.64. The molecule has 0 spiro atoms. The maximum atomic E-state index is 15.9. The molecule has 0 bridgehead atoms. The van der Waals surface area contributed by atoms with Gasteiger partial charge in [0.05, 0.1) is 5.52 Å². The Morgan fingerprint density at radius 3 is 1.70 bits per heavy atom. The quantitative estimate of drug-likeness (QED) is 0.214. The van der Waals surface area contributed by atoms with Crippen LogP contribution in [-0.4, -0.2) is 4.98 Å². The average Bonchev–Trinajstić information content (AvgIpc) is 2.96. The van der Waals surface area contributed by atoms with Gasteiger partial charge >= 0.3 is 0 Å². The number of pyridine rings is 1. The Bertz CT molecular complexity index is 1950. The first-order valence-electron chi connectivity index (χ1n) is 12.3. The summed E-state index contributed by atoms with van der Waals surface area (Å²) >= 11 is 0. The molecule has 0 aliphatic heterocycles. The van der Waals surface area contributed by atoms with Crippen LogP contribution in [0.4, 0.5) is 5.82 Å². The summed E-state index contributed by atoms with van der Waals surface area (Å²) < 4.78 is 15.9. The molecule has 37 heavy (non-hydrogen) atoms. The summed E-state index contributed by atoms with van der Waals surface area (Å²) in [4.78, 5) is 4.60. The molecule has 0 saturated carbocycles. The van der Waals surface area contributed by atoms with E-state index >= 15 is 4.57 Å². The molecule has 0 saturated heterocycles. The van der Waals surface area contributed by atoms with Gasteiger partial charge in [-0.15, -0.1) is 0 Å². The van der Waals surface area contributed by atoms with E-state index in [1.807, 2.05) is 78.9 Å². The van der Waals surface area contributed by atoms with E-state index in [1.165, 1.54) is 0 Å². The van der Waals surface area contributed by atoms with E-state index in [0.717, 1.165) is 59.1 Å². The number of anilines is 1. The standard InChI is InChI=1S/C33H23N2OP/c34-33-28-20-19-24(21-29(28)27-15-5-6-16-30(27)35-33)37(36,31-17-7-11-22-9-1-3-13-25(22)31)32-18-8-12-23-10-2-4-14-26(23)32/h1-21H,(H2,34,35). The predicted molar refractivity (Wildman–Crippen MR) is 158 cm³/mol. The van der Waals surface area contributed by atoms with Crippen molar-refractivity contribution in [2.75, 3.05) is 5.73 Å². The van der Waals surface area contributed by atoms with E-state index in [1.54, 1.807) is 0 Å². The number of hydrogen-bond acceptors (Lipinski definition) is 3. The second-order valence-electron chi connectivity index (χ2n) is 9.35. The molecule has 176 valence electrons. The van der Waals surface area contributed by atoms with E-state index in [-0.39, 0.29) is 0 Å². The summed E-state index contributed by atoms with van der Waals surface area (Å²) in [6.07, 6.45) is 0. The fourth-order valence-electron chi connectivity index (χ4n) is 5.54. The first kappa shape index (κ1) is 21.8. The third-order valence-corrected chi connectivity index (χ3v) is 10.4. The van der Waals surface area contributed by atoms with Crippen molar-refractivity contribution in [1.29, 1.82) is 0 Å². The minimum atomic E-state index is -3.33. The zero-order chi connectivity index (χ0) is 25.0. The fourth-order valence-corrected chi connectivity index (χ4v) is 8.63. The zero-order valence-electron chi connectivity index (χ0n) is 20.0. The molecule has 0 fully saturated rings. The second kappa shape index (κ2) is 8.30. The molecule has 7 aromatic rings. The second-order valence-corrected chi connectivity index (χ2v) is 12.0. The minimum Gasteiger partial charge on any atom is -0.383 e. The third kappa shape index (κ3) is 3.28. The fraction of sp³-hybridized carbons (Fsp3) is 0. The number of para-hydroxylation sites is 1. The number of hydrogen-bond donors (Lipinski definition) is 1. The number of nitrogens with zero attached hydrogens (tertiary/aromatic N) is 1. The molecule has 1 heterocycles. The monoisotopic (exact) mass is 494 g/mol. The molecule has 0 aliphatic carbocycles. The highest BCUT2D eigenvalue weighted by atomic mass is 31.2. The van der Waals surface area contributed by atoms with Gasteiger partial charge in [0.1, 0.15) is 5.82 Å². The first-order chi connectivity index (χ1) is 18.1. The van der Waals surface area contributed by atoms with Crippen LogP contribution in [0.3, 0.4) is 0 Å². The van der Waals surface area contributed by atoms with Gasteiger partial charge in [-0.2, -0.15) is 0 Å². The van der Waals surface area contributed by atoms with E-state index in [2.05, 4.69) is 53.5 Å². The van der Waals surface area contributed by atoms with Crippen LogP contribution in [0.25, 0.3) is 43.2 Å². The first-order valence-corrected chi connectivity index (χ1v) is 14.0. The van der Waals surface area contributed by atoms with Crippen LogP contribution in [0.2, 0.25) is 0 Å². The Morgan fingerprint density at radius 2 is 1.05 bits per heavy atom. The van der Waals surface area contributed by atoms with Crippen molar-refractivity contribution in [3.8, 4) is 0 Å². The molecule has 6 aromatic carbocycles. The third-order valence-electron chi connectivity index (χ3n) is 7.29. The zero-order valence-corrected chi connectivity index (χ0v) is 20.9. The largest absolute Gasteiger partial charge is 0.383 e. The van der Waals surface area contributed by atoms with Crippen molar-refractivity contribution in [2.45, 2.75) is 0 Å². The minimum absolute atomic E-state index is 0.477. The highest BCUT2D eigenvalue weighted by Crippen LogP contribution is 2.47. The lowest BCUT2D eigenvalue weighted by Gasteiger charge is -2.24. The van der Waals surface area contributed by atoms with Gasteiger partial charge < -0.3 is 10.3 Å². The maximum absolute atomic E-state index is 15.9. The van der Waals surface area contributed by atoms with Gasteiger partial charge in [0.15, 0.2) is 7.14 Å². The average molecular weight is 495 g/mol. The van der Waals surface area contributed by atoms with Crippen LogP contribution >= 0.6 is 7.14 Å². The van der Waals surface area contributed by atoms with E-state index in [9.17, 15) is 0 Å². The summed E-state index contributed by atoms with van der Waals surface area (Å²) in [5, 5.41) is 9.42. The normalized spacial score (nSPS) is 12.0. The topological polar surface area (TPSA) is 56.0 Å². The van der Waals surface area contributed by atoms with E-state index in [4.69, 9.17) is 5.73 Å². The molecular formula is C33H23N2OP. The van der Waals surface area contributed by atoms with Gasteiger partial charge in [0.2, 0.25) is 0 Å². The maximum Gasteiger partial charge on any atom is 0.172 e. The Morgan fingerprint density at radius 1 is 0.514 bits per heavy atom. The van der Waals surface area contributed by atoms with Crippen LogP contribution in [0, 0.1) is 0 Å². The van der Waals surface area contributed by atoms with Gasteiger partial charge in [-0.3, -0.25) is 0 Å². The predicted octanol–water partition coefficient (Wildman–Crippen LogP) is 6.92. The summed E-state index contributed by atoms with van der Waals surface area (Å²) in [6, 6.07) is 42.6. The summed E-state index contributed by atoms with van der Waals surface area (Å²) in [5.41, 5.74) is 7.20. The summed E-state index contributed by atoms with van der Waals surface area (Å²) in [5.74, 6) is 0.477. The van der Waals surface area contributed by atoms with E-state index in [0.29, 0.717) is 5.82 Å². The molecule has 2 N–H and O–H groups in total. The van der Waals surface area contributed by atoms with Gasteiger partial charge in [0.25, 0.3) is 0 Å². The molecule has 4 heteroatoms. The smallest absolute Gasteiger partial charge is 0.172 e. The van der Waals surface area contributed by atoms with Gasteiger partial charge in [-0.25, -0.2) is 4.98 Å². The van der Waals surface area contributed by atoms with Crippen molar-refractivity contribution in [3.63, 3.8) is 0 Å². The van der Waals surface area contributed by atoms with Gasteiger partial charge in [-0.05, 0) is 45.1 Å². The Kier molecular flexibility index (Phi) is 4.89. The molecule has 1 aromatic heterocycles. The molecule has 0 unspecified atom stereocenters. The molecule has 0 aliphatic rings. The number of rotatable bonds is 3. The molecule has 7 rings (SSSR count). The Labute approximate surface area is 214 Å². The van der Waals surface area contributed by atoms with Crippen LogP contribution in [-0.2, 0) is 4.57 Å². The number of aromatic nitrogens is 1.